The molecule has 0 unspecified atom stereocenters. The lowest BCUT2D eigenvalue weighted by atomic mass is 10.3. The minimum Gasteiger partial charge on any atom is -0.497 e. The van der Waals surface area contributed by atoms with Crippen LogP contribution in [0.2, 0.25) is 0 Å². The van der Waals surface area contributed by atoms with Crippen molar-refractivity contribution in [2.24, 2.45) is 0 Å². The molecular weight excluding hydrogens is 298 g/mol. The van der Waals surface area contributed by atoms with Crippen molar-refractivity contribution in [1.29, 1.82) is 0 Å². The Balaban J connectivity index is 1.87. The Hall–Kier alpha value is -3.03. The van der Waals surface area contributed by atoms with Crippen molar-refractivity contribution in [3.05, 3.63) is 65.1 Å². The van der Waals surface area contributed by atoms with Gasteiger partial charge in [-0.2, -0.15) is 0 Å². The van der Waals surface area contributed by atoms with Gasteiger partial charge in [0.15, 0.2) is 5.82 Å². The molecule has 1 aromatic heterocycles. The van der Waals surface area contributed by atoms with Crippen LogP contribution in [0.4, 0.5) is 5.69 Å². The molecule has 122 valence electrons. The molecule has 1 heterocycles. The van der Waals surface area contributed by atoms with Gasteiger partial charge >= 0.3 is 0 Å². The Kier molecular flexibility index (Phi) is 5.98. The van der Waals surface area contributed by atoms with E-state index in [9.17, 15) is 10.1 Å². The van der Waals surface area contributed by atoms with Crippen LogP contribution < -0.4 is 15.4 Å². The number of hydrogen-bond donors (Lipinski definition) is 2. The zero-order chi connectivity index (χ0) is 16.5. The molecule has 8 heteroatoms. The lowest BCUT2D eigenvalue weighted by Crippen LogP contribution is -2.22. The highest BCUT2D eigenvalue weighted by Crippen LogP contribution is 2.16. The monoisotopic (exact) mass is 317 g/mol. The van der Waals surface area contributed by atoms with Gasteiger partial charge in [-0.1, -0.05) is 0 Å². The van der Waals surface area contributed by atoms with E-state index >= 15 is 0 Å². The van der Waals surface area contributed by atoms with Gasteiger partial charge in [0.05, 0.1) is 18.4 Å². The predicted molar refractivity (Wildman–Crippen MR) is 86.5 cm³/mol. The number of aryl methyl sites for hydroxylation is 1. The van der Waals surface area contributed by atoms with Crippen LogP contribution in [0.15, 0.2) is 55.0 Å². The highest BCUT2D eigenvalue weighted by molar-refractivity contribution is 5.49. The maximum absolute atomic E-state index is 10.7. The number of nitrogens with zero attached hydrogens (tertiary/aromatic N) is 3. The summed E-state index contributed by atoms with van der Waals surface area (Å²) in [4.78, 5) is 14.2. The first-order valence-corrected chi connectivity index (χ1v) is 7.13. The minimum absolute atomic E-state index is 0.339. The van der Waals surface area contributed by atoms with Crippen molar-refractivity contribution < 1.29 is 9.66 Å². The van der Waals surface area contributed by atoms with Crippen LogP contribution in [0.1, 0.15) is 6.42 Å². The molecule has 2 aromatic rings. The first kappa shape index (κ1) is 16.3. The van der Waals surface area contributed by atoms with Crippen LogP contribution in [0.3, 0.4) is 0 Å². The van der Waals surface area contributed by atoms with Crippen LogP contribution in [0.5, 0.6) is 5.75 Å². The summed E-state index contributed by atoms with van der Waals surface area (Å²) < 4.78 is 7.03. The van der Waals surface area contributed by atoms with Gasteiger partial charge in [-0.25, -0.2) is 4.98 Å². The summed E-state index contributed by atoms with van der Waals surface area (Å²) in [6, 6.07) is 7.15. The Morgan fingerprint density at radius 3 is 2.83 bits per heavy atom. The summed E-state index contributed by atoms with van der Waals surface area (Å²) in [6.45, 7) is 1.39. The number of rotatable bonds is 9. The molecule has 0 amide bonds. The fourth-order valence-corrected chi connectivity index (χ4v) is 1.96. The van der Waals surface area contributed by atoms with Crippen molar-refractivity contribution in [2.75, 3.05) is 19.0 Å². The topological polar surface area (TPSA) is 94.2 Å². The van der Waals surface area contributed by atoms with Crippen molar-refractivity contribution in [2.45, 2.75) is 13.0 Å². The number of imidazole rings is 1. The van der Waals surface area contributed by atoms with Gasteiger partial charge in [-0.3, -0.25) is 10.1 Å². The maximum Gasteiger partial charge on any atom is 0.274 e. The van der Waals surface area contributed by atoms with Crippen LogP contribution in [-0.2, 0) is 6.54 Å². The Morgan fingerprint density at radius 1 is 1.43 bits per heavy atom. The highest BCUT2D eigenvalue weighted by atomic mass is 16.6. The van der Waals surface area contributed by atoms with Crippen LogP contribution in [-0.4, -0.2) is 28.1 Å². The quantitative estimate of drug-likeness (QED) is 0.418. The van der Waals surface area contributed by atoms with Crippen LogP contribution >= 0.6 is 0 Å². The number of anilines is 1. The molecule has 0 saturated heterocycles. The molecule has 23 heavy (non-hydrogen) atoms. The smallest absolute Gasteiger partial charge is 0.274 e. The van der Waals surface area contributed by atoms with E-state index in [1.807, 2.05) is 10.8 Å². The van der Waals surface area contributed by atoms with E-state index in [1.54, 1.807) is 43.9 Å². The molecule has 0 aliphatic carbocycles. The third kappa shape index (κ3) is 5.70. The molecule has 2 N–H and O–H groups in total. The lowest BCUT2D eigenvalue weighted by Gasteiger charge is -2.12. The predicted octanol–water partition coefficient (Wildman–Crippen LogP) is 2.06. The van der Waals surface area contributed by atoms with Gasteiger partial charge in [-0.05, 0) is 30.7 Å². The summed E-state index contributed by atoms with van der Waals surface area (Å²) in [6.07, 6.45) is 7.07. The molecule has 0 aliphatic heterocycles. The minimum atomic E-state index is -0.491. The molecule has 0 radical (unpaired) electrons. The van der Waals surface area contributed by atoms with Crippen LogP contribution in [0, 0.1) is 10.1 Å². The fraction of sp³-hybridized carbons (Fsp3) is 0.267. The second-order valence-electron chi connectivity index (χ2n) is 4.76. The normalized spacial score (nSPS) is 11.1. The second-order valence-corrected chi connectivity index (χ2v) is 4.76. The standard InChI is InChI=1S/C15H19N5O3/c1-23-14-5-3-13(4-6-14)18-15(11-20(21)22)17-7-2-9-19-10-8-16-12-19/h3-6,8,10-12,17-18H,2,7,9H2,1H3/b15-11-. The largest absolute Gasteiger partial charge is 0.497 e. The summed E-state index contributed by atoms with van der Waals surface area (Å²) in [5, 5.41) is 16.8. The van der Waals surface area contributed by atoms with Gasteiger partial charge in [0.2, 0.25) is 0 Å². The third-order valence-corrected chi connectivity index (χ3v) is 3.07. The first-order chi connectivity index (χ1) is 11.2. The number of nitrogens with one attached hydrogen (secondary N) is 2. The number of methoxy groups -OCH3 is 1. The van der Waals surface area contributed by atoms with E-state index in [-0.39, 0.29) is 0 Å². The molecule has 8 nitrogen and oxygen atoms in total. The van der Waals surface area contributed by atoms with E-state index < -0.39 is 4.92 Å². The number of ether oxygens (including phenoxy) is 1. The van der Waals surface area contributed by atoms with E-state index in [0.717, 1.165) is 30.6 Å². The van der Waals surface area contributed by atoms with Crippen molar-refractivity contribution in [1.82, 2.24) is 14.9 Å². The fourth-order valence-electron chi connectivity index (χ4n) is 1.96. The van der Waals surface area contributed by atoms with Gasteiger partial charge in [0.25, 0.3) is 6.20 Å². The van der Waals surface area contributed by atoms with E-state index in [0.29, 0.717) is 12.4 Å². The zero-order valence-electron chi connectivity index (χ0n) is 12.8. The van der Waals surface area contributed by atoms with E-state index in [4.69, 9.17) is 4.74 Å². The highest BCUT2D eigenvalue weighted by Gasteiger charge is 2.04. The molecule has 2 rings (SSSR count). The summed E-state index contributed by atoms with van der Waals surface area (Å²) in [5.41, 5.74) is 0.737. The molecule has 0 spiro atoms. The van der Waals surface area contributed by atoms with Crippen molar-refractivity contribution in [3.63, 3.8) is 0 Å². The third-order valence-electron chi connectivity index (χ3n) is 3.07. The van der Waals surface area contributed by atoms with E-state index in [1.165, 1.54) is 0 Å². The number of hydrogen-bond acceptors (Lipinski definition) is 6. The Bertz CT molecular complexity index is 638. The average molecular weight is 317 g/mol. The van der Waals surface area contributed by atoms with Gasteiger partial charge < -0.3 is 19.9 Å². The van der Waals surface area contributed by atoms with Crippen molar-refractivity contribution in [3.8, 4) is 5.75 Å². The SMILES string of the molecule is COc1ccc(N/C(=C\[N+](=O)[O-])NCCCn2ccnc2)cc1. The van der Waals surface area contributed by atoms with Crippen molar-refractivity contribution >= 4 is 5.69 Å². The first-order valence-electron chi connectivity index (χ1n) is 7.13. The zero-order valence-corrected chi connectivity index (χ0v) is 12.8. The Labute approximate surface area is 133 Å². The second kappa shape index (κ2) is 8.42. The molecular formula is C15H19N5O3. The average Bonchev–Trinajstić information content (AvgIpc) is 3.05. The van der Waals surface area contributed by atoms with Gasteiger partial charge in [-0.15, -0.1) is 0 Å². The molecule has 0 fully saturated rings. The number of nitro groups is 1. The Morgan fingerprint density at radius 2 is 2.22 bits per heavy atom. The van der Waals surface area contributed by atoms with Crippen LogP contribution in [0.25, 0.3) is 0 Å². The molecule has 0 saturated carbocycles. The summed E-state index contributed by atoms with van der Waals surface area (Å²) >= 11 is 0. The number of benzene rings is 1. The van der Waals surface area contributed by atoms with E-state index in [2.05, 4.69) is 15.6 Å². The lowest BCUT2D eigenvalue weighted by molar-refractivity contribution is -0.403. The number of aromatic nitrogens is 2. The molecule has 0 atom stereocenters. The van der Waals surface area contributed by atoms with Gasteiger partial charge in [0, 0.05) is 31.2 Å². The maximum atomic E-state index is 10.7. The van der Waals surface area contributed by atoms with Gasteiger partial charge in [0.1, 0.15) is 5.75 Å². The molecule has 0 bridgehead atoms. The summed E-state index contributed by atoms with van der Waals surface area (Å²) in [7, 11) is 1.59. The summed E-state index contributed by atoms with van der Waals surface area (Å²) in [5.74, 6) is 1.06. The molecule has 1 aromatic carbocycles. The molecule has 0 aliphatic rings.